The summed E-state index contributed by atoms with van der Waals surface area (Å²) in [5, 5.41) is 20.6. The number of anilines is 1. The number of benzene rings is 3. The summed E-state index contributed by atoms with van der Waals surface area (Å²) in [5.41, 5.74) is 3.22. The van der Waals surface area contributed by atoms with Gasteiger partial charge in [0.05, 0.1) is 31.4 Å². The second-order valence-electron chi connectivity index (χ2n) is 11.7. The molecule has 1 aliphatic rings. The van der Waals surface area contributed by atoms with Crippen LogP contribution in [0.1, 0.15) is 81.2 Å². The van der Waals surface area contributed by atoms with Crippen molar-refractivity contribution in [1.29, 1.82) is 0 Å². The average Bonchev–Trinajstić information content (AvgIpc) is 3.68. The zero-order valence-electron chi connectivity index (χ0n) is 28.4. The van der Waals surface area contributed by atoms with Crippen LogP contribution in [0.2, 0.25) is 0 Å². The number of thioether (sulfide) groups is 1. The lowest BCUT2D eigenvalue weighted by Gasteiger charge is -2.23. The predicted molar refractivity (Wildman–Crippen MR) is 195 cm³/mol. The molecule has 1 aliphatic heterocycles. The number of carbonyl (C=O) groups is 2. The van der Waals surface area contributed by atoms with Gasteiger partial charge in [-0.25, -0.2) is 0 Å². The van der Waals surface area contributed by atoms with Crippen molar-refractivity contribution in [3.8, 4) is 17.2 Å². The zero-order chi connectivity index (χ0) is 34.8. The third-order valence-electron chi connectivity index (χ3n) is 8.01. The SMILES string of the molecule is CCCCCOc1ccc(C2/C(=C(/O)c3ccc(OCCCC)cc3)C(=O)C(=O)N2c2nnc(SCc3ccc(C)cc3)s2)cc1OCC. The van der Waals surface area contributed by atoms with Gasteiger partial charge < -0.3 is 19.3 Å². The highest BCUT2D eigenvalue weighted by Crippen LogP contribution is 2.46. The number of nitrogens with zero attached hydrogens (tertiary/aromatic N) is 3. The van der Waals surface area contributed by atoms with Gasteiger partial charge in [0.2, 0.25) is 5.13 Å². The van der Waals surface area contributed by atoms with Crippen molar-refractivity contribution in [3.63, 3.8) is 0 Å². The first-order chi connectivity index (χ1) is 23.8. The number of ketones is 1. The average molecular weight is 702 g/mol. The van der Waals surface area contributed by atoms with E-state index in [0.717, 1.165) is 37.7 Å². The van der Waals surface area contributed by atoms with Crippen LogP contribution in [0.3, 0.4) is 0 Å². The fourth-order valence-corrected chi connectivity index (χ4v) is 7.17. The molecule has 2 heterocycles. The molecule has 1 atom stereocenters. The summed E-state index contributed by atoms with van der Waals surface area (Å²) in [6.07, 6.45) is 4.97. The minimum Gasteiger partial charge on any atom is -0.507 e. The third kappa shape index (κ3) is 8.82. The van der Waals surface area contributed by atoms with Gasteiger partial charge in [0.1, 0.15) is 11.5 Å². The van der Waals surface area contributed by atoms with Crippen molar-refractivity contribution in [2.45, 2.75) is 75.9 Å². The molecule has 11 heteroatoms. The van der Waals surface area contributed by atoms with E-state index < -0.39 is 17.7 Å². The van der Waals surface area contributed by atoms with E-state index >= 15 is 0 Å². The van der Waals surface area contributed by atoms with Crippen molar-refractivity contribution >= 4 is 45.7 Å². The lowest BCUT2D eigenvalue weighted by Crippen LogP contribution is -2.29. The van der Waals surface area contributed by atoms with E-state index in [1.807, 2.05) is 13.8 Å². The normalized spacial score (nSPS) is 15.5. The number of ether oxygens (including phenoxy) is 3. The number of aryl methyl sites for hydroxylation is 1. The molecule has 0 radical (unpaired) electrons. The molecule has 0 spiro atoms. The Labute approximate surface area is 296 Å². The quantitative estimate of drug-likeness (QED) is 0.0288. The van der Waals surface area contributed by atoms with Crippen LogP contribution in [0, 0.1) is 6.92 Å². The van der Waals surface area contributed by atoms with Crippen LogP contribution in [0.5, 0.6) is 17.2 Å². The minimum atomic E-state index is -0.989. The van der Waals surface area contributed by atoms with Crippen LogP contribution >= 0.6 is 23.1 Å². The Morgan fingerprint density at radius 2 is 1.59 bits per heavy atom. The molecule has 1 fully saturated rings. The maximum absolute atomic E-state index is 13.8. The number of carbonyl (C=O) groups excluding carboxylic acids is 2. The molecular formula is C38H43N3O6S2. The molecule has 4 aromatic rings. The number of aliphatic hydroxyl groups excluding tert-OH is 1. The van der Waals surface area contributed by atoms with E-state index in [4.69, 9.17) is 14.2 Å². The first-order valence-electron chi connectivity index (χ1n) is 16.8. The third-order valence-corrected chi connectivity index (χ3v) is 10.1. The Hall–Kier alpha value is -4.35. The highest BCUT2D eigenvalue weighted by molar-refractivity contribution is 8.00. The minimum absolute atomic E-state index is 0.0484. The number of hydrogen-bond donors (Lipinski definition) is 1. The Balaban J connectivity index is 1.52. The van der Waals surface area contributed by atoms with Gasteiger partial charge in [0.15, 0.2) is 15.8 Å². The van der Waals surface area contributed by atoms with Crippen molar-refractivity contribution in [2.75, 3.05) is 24.7 Å². The van der Waals surface area contributed by atoms with Crippen molar-refractivity contribution in [3.05, 3.63) is 94.6 Å². The largest absolute Gasteiger partial charge is 0.507 e. The first kappa shape index (κ1) is 35.9. The maximum Gasteiger partial charge on any atom is 0.301 e. The summed E-state index contributed by atoms with van der Waals surface area (Å²) in [5.74, 6) is 0.491. The van der Waals surface area contributed by atoms with Gasteiger partial charge >= 0.3 is 5.91 Å². The molecule has 1 N–H and O–H groups in total. The van der Waals surface area contributed by atoms with Crippen LogP contribution in [0.4, 0.5) is 5.13 Å². The number of amides is 1. The predicted octanol–water partition coefficient (Wildman–Crippen LogP) is 8.91. The summed E-state index contributed by atoms with van der Waals surface area (Å²) in [6, 6.07) is 19.5. The molecule has 49 heavy (non-hydrogen) atoms. The van der Waals surface area contributed by atoms with Gasteiger partial charge in [-0.2, -0.15) is 0 Å². The molecule has 5 rings (SSSR count). The number of aliphatic hydroxyl groups is 1. The van der Waals surface area contributed by atoms with E-state index in [2.05, 4.69) is 48.3 Å². The first-order valence-corrected chi connectivity index (χ1v) is 18.6. The fraction of sp³-hybridized carbons (Fsp3) is 0.368. The molecule has 258 valence electrons. The molecule has 3 aromatic carbocycles. The van der Waals surface area contributed by atoms with Crippen molar-refractivity contribution in [2.24, 2.45) is 0 Å². The Kier molecular flexibility index (Phi) is 12.7. The highest BCUT2D eigenvalue weighted by atomic mass is 32.2. The van der Waals surface area contributed by atoms with Gasteiger partial charge in [0, 0.05) is 11.3 Å². The standard InChI is InChI=1S/C38H43N3O6S2/c1-5-8-10-22-47-30-20-17-28(23-31(30)45-7-3)33-32(34(42)27-15-18-29(19-16-27)46-21-9-6-2)35(43)36(44)41(33)37-39-40-38(49-37)48-24-26-13-11-25(4)12-14-26/h11-20,23,33,42H,5-10,21-22,24H2,1-4H3/b34-32-. The molecule has 9 nitrogen and oxygen atoms in total. The molecular weight excluding hydrogens is 659 g/mol. The summed E-state index contributed by atoms with van der Waals surface area (Å²) in [7, 11) is 0. The number of hydrogen-bond acceptors (Lipinski definition) is 10. The van der Waals surface area contributed by atoms with Crippen LogP contribution in [-0.2, 0) is 15.3 Å². The molecule has 1 aromatic heterocycles. The van der Waals surface area contributed by atoms with Gasteiger partial charge in [-0.05, 0) is 74.2 Å². The van der Waals surface area contributed by atoms with Gasteiger partial charge in [-0.1, -0.05) is 92.1 Å². The van der Waals surface area contributed by atoms with Crippen LogP contribution < -0.4 is 19.1 Å². The topological polar surface area (TPSA) is 111 Å². The lowest BCUT2D eigenvalue weighted by molar-refractivity contribution is -0.132. The van der Waals surface area contributed by atoms with Crippen LogP contribution in [-0.4, -0.2) is 46.8 Å². The highest BCUT2D eigenvalue weighted by Gasteiger charge is 2.48. The zero-order valence-corrected chi connectivity index (χ0v) is 30.1. The molecule has 0 bridgehead atoms. The monoisotopic (exact) mass is 701 g/mol. The summed E-state index contributed by atoms with van der Waals surface area (Å²) >= 11 is 2.73. The van der Waals surface area contributed by atoms with Gasteiger partial charge in [-0.3, -0.25) is 14.5 Å². The van der Waals surface area contributed by atoms with Crippen LogP contribution in [0.15, 0.2) is 76.6 Å². The number of unbranched alkanes of at least 4 members (excludes halogenated alkanes) is 3. The number of rotatable bonds is 17. The second-order valence-corrected chi connectivity index (χ2v) is 13.9. The lowest BCUT2D eigenvalue weighted by atomic mass is 9.95. The summed E-state index contributed by atoms with van der Waals surface area (Å²) in [6.45, 7) is 9.66. The van der Waals surface area contributed by atoms with E-state index in [1.165, 1.54) is 33.6 Å². The van der Waals surface area contributed by atoms with Crippen molar-refractivity contribution in [1.82, 2.24) is 10.2 Å². The fourth-order valence-electron chi connectivity index (χ4n) is 5.35. The molecule has 0 saturated carbocycles. The summed E-state index contributed by atoms with van der Waals surface area (Å²) < 4.78 is 18.5. The Bertz CT molecular complexity index is 1750. The van der Waals surface area contributed by atoms with E-state index in [1.54, 1.807) is 42.5 Å². The van der Waals surface area contributed by atoms with E-state index in [9.17, 15) is 14.7 Å². The Morgan fingerprint density at radius 3 is 2.31 bits per heavy atom. The smallest absolute Gasteiger partial charge is 0.301 e. The molecule has 1 amide bonds. The van der Waals surface area contributed by atoms with Gasteiger partial charge in [0.25, 0.3) is 5.78 Å². The molecule has 1 saturated heterocycles. The van der Waals surface area contributed by atoms with Crippen molar-refractivity contribution < 1.29 is 28.9 Å². The van der Waals surface area contributed by atoms with E-state index in [0.29, 0.717) is 58.3 Å². The Morgan fingerprint density at radius 1 is 0.857 bits per heavy atom. The number of Topliss-reactive ketones (excluding diaryl/α,β-unsaturated/α-hetero) is 1. The summed E-state index contributed by atoms with van der Waals surface area (Å²) in [4.78, 5) is 29.0. The number of aromatic nitrogens is 2. The maximum atomic E-state index is 13.8. The van der Waals surface area contributed by atoms with E-state index in [-0.39, 0.29) is 16.5 Å². The second kappa shape index (κ2) is 17.3. The van der Waals surface area contributed by atoms with Gasteiger partial charge in [-0.15, -0.1) is 10.2 Å². The molecule has 1 unspecified atom stereocenters. The molecule has 0 aliphatic carbocycles. The van der Waals surface area contributed by atoms with Crippen LogP contribution in [0.25, 0.3) is 5.76 Å².